The number of benzene rings is 1. The number of nitrogens with one attached hydrogen (secondary N) is 1. The molecule has 5 heteroatoms. The van der Waals surface area contributed by atoms with Crippen molar-refractivity contribution in [3.05, 3.63) is 29.8 Å². The Balaban J connectivity index is 2.66. The third kappa shape index (κ3) is 4.40. The van der Waals surface area contributed by atoms with Gasteiger partial charge in [0.1, 0.15) is 6.23 Å². The van der Waals surface area contributed by atoms with Crippen LogP contribution in [-0.4, -0.2) is 26.0 Å². The summed E-state index contributed by atoms with van der Waals surface area (Å²) in [5.41, 5.74) is 0.706. The summed E-state index contributed by atoms with van der Waals surface area (Å²) in [6.45, 7) is 6.33. The molecule has 1 rings (SSSR count). The second kappa shape index (κ2) is 5.38. The van der Waals surface area contributed by atoms with Crippen molar-refractivity contribution < 1.29 is 13.5 Å². The Morgan fingerprint density at radius 3 is 2.11 bits per heavy atom. The van der Waals surface area contributed by atoms with Crippen LogP contribution in [0.15, 0.2) is 29.2 Å². The number of sulfone groups is 1. The lowest BCUT2D eigenvalue weighted by molar-refractivity contribution is 0.0317. The van der Waals surface area contributed by atoms with Crippen molar-refractivity contribution in [2.24, 2.45) is 5.41 Å². The molecule has 102 valence electrons. The molecule has 0 radical (unpaired) electrons. The van der Waals surface area contributed by atoms with Gasteiger partial charge in [0.05, 0.1) is 4.90 Å². The average Bonchev–Trinajstić information content (AvgIpc) is 2.24. The smallest absolute Gasteiger partial charge is 0.175 e. The van der Waals surface area contributed by atoms with Crippen molar-refractivity contribution in [3.8, 4) is 0 Å². The second-order valence-electron chi connectivity index (χ2n) is 5.57. The van der Waals surface area contributed by atoms with Crippen LogP contribution in [0.3, 0.4) is 0 Å². The van der Waals surface area contributed by atoms with Crippen LogP contribution < -0.4 is 5.32 Å². The quantitative estimate of drug-likeness (QED) is 0.815. The van der Waals surface area contributed by atoms with Gasteiger partial charge in [0.15, 0.2) is 9.84 Å². The maximum absolute atomic E-state index is 11.3. The van der Waals surface area contributed by atoms with E-state index in [4.69, 9.17) is 0 Å². The molecule has 0 aliphatic heterocycles. The van der Waals surface area contributed by atoms with Gasteiger partial charge >= 0.3 is 0 Å². The monoisotopic (exact) mass is 271 g/mol. The van der Waals surface area contributed by atoms with E-state index >= 15 is 0 Å². The van der Waals surface area contributed by atoms with Gasteiger partial charge in [-0.25, -0.2) is 8.42 Å². The summed E-state index contributed by atoms with van der Waals surface area (Å²) in [7, 11) is -3.14. The van der Waals surface area contributed by atoms with Gasteiger partial charge in [0, 0.05) is 18.2 Å². The molecular formula is C13H21NO3S. The summed E-state index contributed by atoms with van der Waals surface area (Å²) < 4.78 is 22.6. The molecule has 4 nitrogen and oxygen atoms in total. The Labute approximate surface area is 109 Å². The average molecular weight is 271 g/mol. The Bertz CT molecular complexity index is 486. The predicted molar refractivity (Wildman–Crippen MR) is 71.9 cm³/mol. The largest absolute Gasteiger partial charge is 0.378 e. The SMILES string of the molecule is CC(C)(C)C(O)NCc1ccc(S(C)(=O)=O)cc1. The van der Waals surface area contributed by atoms with Crippen molar-refractivity contribution in [1.82, 2.24) is 5.32 Å². The molecule has 0 saturated carbocycles. The van der Waals surface area contributed by atoms with E-state index < -0.39 is 16.1 Å². The van der Waals surface area contributed by atoms with Crippen molar-refractivity contribution in [2.75, 3.05) is 6.26 Å². The summed E-state index contributed by atoms with van der Waals surface area (Å²) >= 11 is 0. The molecule has 0 fully saturated rings. The fraction of sp³-hybridized carbons (Fsp3) is 0.538. The molecule has 0 amide bonds. The molecule has 0 saturated heterocycles. The third-order valence-electron chi connectivity index (χ3n) is 2.67. The van der Waals surface area contributed by atoms with Crippen LogP contribution in [0.5, 0.6) is 0 Å². The van der Waals surface area contributed by atoms with E-state index in [2.05, 4.69) is 5.32 Å². The van der Waals surface area contributed by atoms with Crippen molar-refractivity contribution in [2.45, 2.75) is 38.4 Å². The molecule has 0 aromatic heterocycles. The standard InChI is InChI=1S/C13H21NO3S/c1-13(2,3)12(15)14-9-10-5-7-11(8-6-10)18(4,16)17/h5-8,12,14-15H,9H2,1-4H3. The maximum atomic E-state index is 11.3. The van der Waals surface area contributed by atoms with E-state index in [0.29, 0.717) is 11.4 Å². The lowest BCUT2D eigenvalue weighted by atomic mass is 9.94. The second-order valence-corrected chi connectivity index (χ2v) is 7.58. The summed E-state index contributed by atoms with van der Waals surface area (Å²) in [4.78, 5) is 0.308. The van der Waals surface area contributed by atoms with Crippen LogP contribution in [0, 0.1) is 5.41 Å². The zero-order valence-corrected chi connectivity index (χ0v) is 12.1. The highest BCUT2D eigenvalue weighted by Crippen LogP contribution is 2.17. The molecule has 1 atom stereocenters. The third-order valence-corrected chi connectivity index (χ3v) is 3.80. The van der Waals surface area contributed by atoms with Gasteiger partial charge in [-0.1, -0.05) is 32.9 Å². The number of aliphatic hydroxyl groups is 1. The molecule has 0 heterocycles. The number of hydrogen-bond donors (Lipinski definition) is 2. The molecule has 1 aromatic rings. The Morgan fingerprint density at radius 1 is 1.22 bits per heavy atom. The van der Waals surface area contributed by atoms with E-state index in [-0.39, 0.29) is 5.41 Å². The molecule has 0 bridgehead atoms. The van der Waals surface area contributed by atoms with Crippen LogP contribution in [0.4, 0.5) is 0 Å². The lowest BCUT2D eigenvalue weighted by Crippen LogP contribution is -2.39. The first-order valence-electron chi connectivity index (χ1n) is 5.81. The first-order chi connectivity index (χ1) is 8.10. The van der Waals surface area contributed by atoms with Gasteiger partial charge < -0.3 is 5.11 Å². The van der Waals surface area contributed by atoms with Crippen LogP contribution >= 0.6 is 0 Å². The highest BCUT2D eigenvalue weighted by atomic mass is 32.2. The molecule has 0 aliphatic carbocycles. The lowest BCUT2D eigenvalue weighted by Gasteiger charge is -2.26. The van der Waals surface area contributed by atoms with Gasteiger partial charge in [-0.2, -0.15) is 0 Å². The van der Waals surface area contributed by atoms with Crippen LogP contribution in [-0.2, 0) is 16.4 Å². The van der Waals surface area contributed by atoms with Crippen molar-refractivity contribution >= 4 is 9.84 Å². The summed E-state index contributed by atoms with van der Waals surface area (Å²) in [5.74, 6) is 0. The van der Waals surface area contributed by atoms with Crippen molar-refractivity contribution in [1.29, 1.82) is 0 Å². The first kappa shape index (κ1) is 15.1. The van der Waals surface area contributed by atoms with E-state index in [0.717, 1.165) is 5.56 Å². The van der Waals surface area contributed by atoms with Gasteiger partial charge in [-0.05, 0) is 17.7 Å². The Morgan fingerprint density at radius 2 is 1.72 bits per heavy atom. The fourth-order valence-electron chi connectivity index (χ4n) is 1.38. The molecule has 0 aliphatic rings. The topological polar surface area (TPSA) is 66.4 Å². The fourth-order valence-corrected chi connectivity index (χ4v) is 2.01. The van der Waals surface area contributed by atoms with E-state index in [9.17, 15) is 13.5 Å². The molecule has 0 spiro atoms. The summed E-state index contributed by atoms with van der Waals surface area (Å²) in [6.07, 6.45) is 0.580. The Kier molecular flexibility index (Phi) is 4.53. The molecule has 18 heavy (non-hydrogen) atoms. The van der Waals surface area contributed by atoms with Gasteiger partial charge in [0.2, 0.25) is 0 Å². The first-order valence-corrected chi connectivity index (χ1v) is 7.70. The molecule has 1 unspecified atom stereocenters. The van der Waals surface area contributed by atoms with Gasteiger partial charge in [-0.3, -0.25) is 5.32 Å². The van der Waals surface area contributed by atoms with Crippen LogP contribution in [0.25, 0.3) is 0 Å². The maximum Gasteiger partial charge on any atom is 0.175 e. The summed E-state index contributed by atoms with van der Waals surface area (Å²) in [6, 6.07) is 6.66. The minimum absolute atomic E-state index is 0.229. The number of rotatable bonds is 4. The minimum Gasteiger partial charge on any atom is -0.378 e. The number of aliphatic hydroxyl groups excluding tert-OH is 1. The van der Waals surface area contributed by atoms with Gasteiger partial charge in [-0.15, -0.1) is 0 Å². The Hall–Kier alpha value is -0.910. The van der Waals surface area contributed by atoms with Crippen molar-refractivity contribution in [3.63, 3.8) is 0 Å². The predicted octanol–water partition coefficient (Wildman–Crippen LogP) is 1.54. The minimum atomic E-state index is -3.14. The van der Waals surface area contributed by atoms with E-state index in [1.54, 1.807) is 24.3 Å². The molecule has 1 aromatic carbocycles. The van der Waals surface area contributed by atoms with Crippen LogP contribution in [0.2, 0.25) is 0 Å². The summed E-state index contributed by atoms with van der Waals surface area (Å²) in [5, 5.41) is 12.8. The highest BCUT2D eigenvalue weighted by Gasteiger charge is 2.21. The zero-order valence-electron chi connectivity index (χ0n) is 11.3. The van der Waals surface area contributed by atoms with Gasteiger partial charge in [0.25, 0.3) is 0 Å². The van der Waals surface area contributed by atoms with Crippen LogP contribution in [0.1, 0.15) is 26.3 Å². The molecule has 2 N–H and O–H groups in total. The van der Waals surface area contributed by atoms with E-state index in [1.165, 1.54) is 6.26 Å². The normalized spacial score (nSPS) is 14.5. The highest BCUT2D eigenvalue weighted by molar-refractivity contribution is 7.90. The molecular weight excluding hydrogens is 250 g/mol. The number of hydrogen-bond acceptors (Lipinski definition) is 4. The zero-order chi connectivity index (χ0) is 14.0. The van der Waals surface area contributed by atoms with E-state index in [1.807, 2.05) is 20.8 Å².